The Labute approximate surface area is 108 Å². The molecule has 0 aliphatic carbocycles. The van der Waals surface area contributed by atoms with Crippen LogP contribution in [0.4, 0.5) is 11.5 Å². The molecule has 1 amide bonds. The van der Waals surface area contributed by atoms with Crippen molar-refractivity contribution in [3.63, 3.8) is 0 Å². The summed E-state index contributed by atoms with van der Waals surface area (Å²) in [4.78, 5) is 25.6. The van der Waals surface area contributed by atoms with Crippen LogP contribution in [0.1, 0.15) is 17.3 Å². The first-order valence-electron chi connectivity index (χ1n) is 5.16. The Morgan fingerprint density at radius 3 is 2.94 bits per heavy atom. The zero-order chi connectivity index (χ0) is 13.7. The molecule has 98 valence electrons. The molecule has 7 nitrogen and oxygen atoms in total. The first-order chi connectivity index (χ1) is 8.45. The molecule has 0 aliphatic rings. The molecule has 1 unspecified atom stereocenters. The van der Waals surface area contributed by atoms with Crippen molar-refractivity contribution < 1.29 is 9.72 Å². The molecule has 18 heavy (non-hydrogen) atoms. The molecule has 0 saturated carbocycles. The Balaban J connectivity index is 2.90. The number of hydrogen-bond donors (Lipinski definition) is 2. The van der Waals surface area contributed by atoms with Gasteiger partial charge in [0.15, 0.2) is 0 Å². The van der Waals surface area contributed by atoms with E-state index in [0.29, 0.717) is 6.54 Å². The standard InChI is InChI=1S/C10H14N4O3S/c1-6(18-2)4-13-10(15)7-3-9(11)12-5-8(7)14(16)17/h3,5-6H,4H2,1-2H3,(H2,11,12)(H,13,15). The fourth-order valence-electron chi connectivity index (χ4n) is 1.21. The average molecular weight is 270 g/mol. The van der Waals surface area contributed by atoms with E-state index in [1.807, 2.05) is 13.2 Å². The minimum atomic E-state index is -0.653. The molecule has 1 aromatic heterocycles. The number of nitro groups is 1. The highest BCUT2D eigenvalue weighted by molar-refractivity contribution is 7.99. The van der Waals surface area contributed by atoms with Crippen molar-refractivity contribution in [3.05, 3.63) is 27.9 Å². The zero-order valence-corrected chi connectivity index (χ0v) is 10.9. The molecule has 1 atom stereocenters. The summed E-state index contributed by atoms with van der Waals surface area (Å²) < 4.78 is 0. The minimum absolute atomic E-state index is 0.0687. The monoisotopic (exact) mass is 270 g/mol. The second-order valence-corrected chi connectivity index (χ2v) is 4.92. The number of hydrogen-bond acceptors (Lipinski definition) is 6. The second kappa shape index (κ2) is 6.20. The summed E-state index contributed by atoms with van der Waals surface area (Å²) >= 11 is 1.59. The molecule has 1 heterocycles. The number of nitrogen functional groups attached to an aromatic ring is 1. The van der Waals surface area contributed by atoms with Crippen LogP contribution in [0.25, 0.3) is 0 Å². The molecule has 0 saturated heterocycles. The molecule has 0 spiro atoms. The van der Waals surface area contributed by atoms with Crippen LogP contribution in [0, 0.1) is 10.1 Å². The third-order valence-electron chi connectivity index (χ3n) is 2.30. The highest BCUT2D eigenvalue weighted by Crippen LogP contribution is 2.18. The number of amides is 1. The van der Waals surface area contributed by atoms with Gasteiger partial charge < -0.3 is 11.1 Å². The lowest BCUT2D eigenvalue weighted by Crippen LogP contribution is -2.30. The largest absolute Gasteiger partial charge is 0.384 e. The summed E-state index contributed by atoms with van der Waals surface area (Å²) in [5.41, 5.74) is 5.01. The number of thioether (sulfide) groups is 1. The van der Waals surface area contributed by atoms with Crippen LogP contribution in [-0.2, 0) is 0 Å². The molecule has 0 bridgehead atoms. The van der Waals surface area contributed by atoms with Crippen molar-refractivity contribution in [1.29, 1.82) is 0 Å². The van der Waals surface area contributed by atoms with E-state index in [1.165, 1.54) is 6.07 Å². The first-order valence-corrected chi connectivity index (χ1v) is 6.45. The van der Waals surface area contributed by atoms with Crippen LogP contribution < -0.4 is 11.1 Å². The molecule has 3 N–H and O–H groups in total. The van der Waals surface area contributed by atoms with Gasteiger partial charge in [-0.2, -0.15) is 11.8 Å². The van der Waals surface area contributed by atoms with Crippen molar-refractivity contribution in [2.45, 2.75) is 12.2 Å². The third kappa shape index (κ3) is 3.59. The van der Waals surface area contributed by atoms with Gasteiger partial charge in [-0.3, -0.25) is 14.9 Å². The Bertz CT molecular complexity index is 466. The van der Waals surface area contributed by atoms with Gasteiger partial charge in [0.2, 0.25) is 0 Å². The highest BCUT2D eigenvalue weighted by atomic mass is 32.2. The van der Waals surface area contributed by atoms with E-state index >= 15 is 0 Å². The van der Waals surface area contributed by atoms with Crippen molar-refractivity contribution in [3.8, 4) is 0 Å². The number of nitrogens with two attached hydrogens (primary N) is 1. The summed E-state index contributed by atoms with van der Waals surface area (Å²) in [5.74, 6) is -0.444. The smallest absolute Gasteiger partial charge is 0.300 e. The lowest BCUT2D eigenvalue weighted by molar-refractivity contribution is -0.385. The van der Waals surface area contributed by atoms with Crippen LogP contribution in [0.5, 0.6) is 0 Å². The average Bonchev–Trinajstić information content (AvgIpc) is 2.34. The Kier molecular flexibility index (Phi) is 4.90. The van der Waals surface area contributed by atoms with Gasteiger partial charge in [0.1, 0.15) is 17.6 Å². The van der Waals surface area contributed by atoms with E-state index in [1.54, 1.807) is 11.8 Å². The van der Waals surface area contributed by atoms with Crippen LogP contribution in [0.15, 0.2) is 12.3 Å². The van der Waals surface area contributed by atoms with E-state index in [4.69, 9.17) is 5.73 Å². The molecule has 0 aromatic carbocycles. The van der Waals surface area contributed by atoms with E-state index in [-0.39, 0.29) is 22.3 Å². The highest BCUT2D eigenvalue weighted by Gasteiger charge is 2.21. The summed E-state index contributed by atoms with van der Waals surface area (Å²) in [5, 5.41) is 13.6. The lowest BCUT2D eigenvalue weighted by atomic mass is 10.2. The fraction of sp³-hybridized carbons (Fsp3) is 0.400. The topological polar surface area (TPSA) is 111 Å². The molecule has 1 rings (SSSR count). The van der Waals surface area contributed by atoms with E-state index in [9.17, 15) is 14.9 Å². The second-order valence-electron chi connectivity index (χ2n) is 3.64. The van der Waals surface area contributed by atoms with Gasteiger partial charge in [-0.25, -0.2) is 4.98 Å². The number of carbonyl (C=O) groups is 1. The summed E-state index contributed by atoms with van der Waals surface area (Å²) in [6.07, 6.45) is 2.91. The molecule has 8 heteroatoms. The van der Waals surface area contributed by atoms with Gasteiger partial charge >= 0.3 is 0 Å². The van der Waals surface area contributed by atoms with Crippen molar-refractivity contribution in [2.75, 3.05) is 18.5 Å². The number of carbonyl (C=O) groups excluding carboxylic acids is 1. The van der Waals surface area contributed by atoms with Crippen molar-refractivity contribution >= 4 is 29.2 Å². The predicted octanol–water partition coefficient (Wildman–Crippen LogP) is 1.05. The van der Waals surface area contributed by atoms with Crippen LogP contribution in [0.2, 0.25) is 0 Å². The summed E-state index contributed by atoms with van der Waals surface area (Å²) in [7, 11) is 0. The number of aromatic nitrogens is 1. The molecule has 0 fully saturated rings. The zero-order valence-electron chi connectivity index (χ0n) is 10.0. The summed E-state index contributed by atoms with van der Waals surface area (Å²) in [6, 6.07) is 1.21. The first kappa shape index (κ1) is 14.2. The van der Waals surface area contributed by atoms with Crippen LogP contribution in [-0.4, -0.2) is 33.9 Å². The third-order valence-corrected chi connectivity index (χ3v) is 3.27. The number of nitrogens with zero attached hydrogens (tertiary/aromatic N) is 2. The number of nitrogens with one attached hydrogen (secondary N) is 1. The van der Waals surface area contributed by atoms with Crippen molar-refractivity contribution in [1.82, 2.24) is 10.3 Å². The normalized spacial score (nSPS) is 11.9. The quantitative estimate of drug-likeness (QED) is 0.611. The van der Waals surface area contributed by atoms with Gasteiger partial charge in [-0.15, -0.1) is 0 Å². The van der Waals surface area contributed by atoms with Gasteiger partial charge in [0, 0.05) is 11.8 Å². The number of rotatable bonds is 5. The minimum Gasteiger partial charge on any atom is -0.384 e. The summed E-state index contributed by atoms with van der Waals surface area (Å²) in [6.45, 7) is 2.37. The maximum Gasteiger partial charge on any atom is 0.300 e. The molecule has 0 aliphatic heterocycles. The fourth-order valence-corrected chi connectivity index (χ4v) is 1.46. The predicted molar refractivity (Wildman–Crippen MR) is 70.6 cm³/mol. The van der Waals surface area contributed by atoms with Crippen LogP contribution >= 0.6 is 11.8 Å². The Hall–Kier alpha value is -1.83. The molecule has 1 aromatic rings. The number of pyridine rings is 1. The van der Waals surface area contributed by atoms with Gasteiger partial charge in [0.25, 0.3) is 11.6 Å². The van der Waals surface area contributed by atoms with Crippen molar-refractivity contribution in [2.24, 2.45) is 0 Å². The molecular weight excluding hydrogens is 256 g/mol. The molecule has 0 radical (unpaired) electrons. The van der Waals surface area contributed by atoms with Gasteiger partial charge in [0.05, 0.1) is 4.92 Å². The van der Waals surface area contributed by atoms with Crippen LogP contribution in [0.3, 0.4) is 0 Å². The van der Waals surface area contributed by atoms with E-state index in [2.05, 4.69) is 10.3 Å². The maximum atomic E-state index is 11.8. The van der Waals surface area contributed by atoms with E-state index in [0.717, 1.165) is 6.20 Å². The number of anilines is 1. The Morgan fingerprint density at radius 2 is 2.39 bits per heavy atom. The Morgan fingerprint density at radius 1 is 1.72 bits per heavy atom. The lowest BCUT2D eigenvalue weighted by Gasteiger charge is -2.10. The van der Waals surface area contributed by atoms with E-state index < -0.39 is 10.8 Å². The SMILES string of the molecule is CSC(C)CNC(=O)c1cc(N)ncc1[N+](=O)[O-]. The maximum absolute atomic E-state index is 11.8. The molecular formula is C10H14N4O3S. The van der Waals surface area contributed by atoms with Gasteiger partial charge in [-0.1, -0.05) is 6.92 Å². The van der Waals surface area contributed by atoms with Gasteiger partial charge in [-0.05, 0) is 12.3 Å².